The summed E-state index contributed by atoms with van der Waals surface area (Å²) in [6.45, 7) is 9.93. The molecule has 0 aliphatic heterocycles. The Morgan fingerprint density at radius 3 is 2.17 bits per heavy atom. The van der Waals surface area contributed by atoms with Gasteiger partial charge in [0.15, 0.2) is 0 Å². The van der Waals surface area contributed by atoms with E-state index in [-0.39, 0.29) is 5.82 Å². The second kappa shape index (κ2) is 7.52. The van der Waals surface area contributed by atoms with Crippen molar-refractivity contribution in [3.63, 3.8) is 0 Å². The Kier molecular flexibility index (Phi) is 6.34. The largest absolute Gasteiger partial charge is 0.313 e. The first kappa shape index (κ1) is 15.2. The van der Waals surface area contributed by atoms with Crippen LogP contribution in [0.5, 0.6) is 0 Å². The lowest BCUT2D eigenvalue weighted by molar-refractivity contribution is 0.335. The number of hydrogen-bond acceptors (Lipinski definition) is 1. The number of halogens is 1. The molecule has 1 N–H and O–H groups in total. The van der Waals surface area contributed by atoms with Gasteiger partial charge >= 0.3 is 0 Å². The Bertz CT molecular complexity index is 331. The summed E-state index contributed by atoms with van der Waals surface area (Å²) in [4.78, 5) is 0. The summed E-state index contributed by atoms with van der Waals surface area (Å²) in [7, 11) is 0. The molecule has 0 aliphatic rings. The Balaban J connectivity index is 2.87. The first-order valence-electron chi connectivity index (χ1n) is 7.09. The molecule has 1 aromatic rings. The standard InChI is InChI=1S/C16H26FN/c1-5-11-18-16(12(3)4)15(6-2)13-7-9-14(17)10-8-13/h7-10,12,15-16,18H,5-6,11H2,1-4H3. The lowest BCUT2D eigenvalue weighted by atomic mass is 9.83. The van der Waals surface area contributed by atoms with Crippen LogP contribution < -0.4 is 5.32 Å². The van der Waals surface area contributed by atoms with E-state index in [0.717, 1.165) is 19.4 Å². The molecule has 0 bridgehead atoms. The topological polar surface area (TPSA) is 12.0 Å². The van der Waals surface area contributed by atoms with E-state index in [1.807, 2.05) is 12.1 Å². The maximum atomic E-state index is 13.0. The average molecular weight is 251 g/mol. The van der Waals surface area contributed by atoms with Crippen molar-refractivity contribution in [3.05, 3.63) is 35.6 Å². The first-order valence-corrected chi connectivity index (χ1v) is 7.09. The minimum absolute atomic E-state index is 0.156. The van der Waals surface area contributed by atoms with E-state index in [4.69, 9.17) is 0 Å². The van der Waals surface area contributed by atoms with Gasteiger partial charge in [-0.25, -0.2) is 4.39 Å². The molecule has 0 aliphatic carbocycles. The third-order valence-electron chi connectivity index (χ3n) is 3.52. The van der Waals surface area contributed by atoms with Crippen molar-refractivity contribution in [3.8, 4) is 0 Å². The summed E-state index contributed by atoms with van der Waals surface area (Å²) in [6, 6.07) is 7.43. The molecule has 0 saturated heterocycles. The van der Waals surface area contributed by atoms with Gasteiger partial charge in [0.25, 0.3) is 0 Å². The molecule has 102 valence electrons. The Morgan fingerprint density at radius 1 is 1.11 bits per heavy atom. The lowest BCUT2D eigenvalue weighted by Crippen LogP contribution is -2.39. The predicted molar refractivity (Wildman–Crippen MR) is 76.4 cm³/mol. The van der Waals surface area contributed by atoms with Crippen LogP contribution in [0.3, 0.4) is 0 Å². The summed E-state index contributed by atoms with van der Waals surface area (Å²) in [5.41, 5.74) is 1.24. The number of hydrogen-bond donors (Lipinski definition) is 1. The zero-order chi connectivity index (χ0) is 13.5. The van der Waals surface area contributed by atoms with Crippen LogP contribution in [-0.4, -0.2) is 12.6 Å². The highest BCUT2D eigenvalue weighted by Gasteiger charge is 2.23. The third kappa shape index (κ3) is 4.09. The Morgan fingerprint density at radius 2 is 1.72 bits per heavy atom. The van der Waals surface area contributed by atoms with Crippen molar-refractivity contribution >= 4 is 0 Å². The van der Waals surface area contributed by atoms with Gasteiger partial charge in [-0.2, -0.15) is 0 Å². The van der Waals surface area contributed by atoms with E-state index in [0.29, 0.717) is 17.9 Å². The molecule has 0 amide bonds. The van der Waals surface area contributed by atoms with Crippen molar-refractivity contribution in [2.24, 2.45) is 5.92 Å². The SMILES string of the molecule is CCCNC(C(C)C)C(CC)c1ccc(F)cc1. The smallest absolute Gasteiger partial charge is 0.123 e. The number of benzene rings is 1. The zero-order valence-electron chi connectivity index (χ0n) is 12.0. The monoisotopic (exact) mass is 251 g/mol. The highest BCUT2D eigenvalue weighted by atomic mass is 19.1. The van der Waals surface area contributed by atoms with Gasteiger partial charge in [-0.15, -0.1) is 0 Å². The lowest BCUT2D eigenvalue weighted by Gasteiger charge is -2.31. The maximum absolute atomic E-state index is 13.0. The van der Waals surface area contributed by atoms with Crippen molar-refractivity contribution in [1.82, 2.24) is 5.32 Å². The molecule has 0 saturated carbocycles. The van der Waals surface area contributed by atoms with E-state index < -0.39 is 0 Å². The minimum Gasteiger partial charge on any atom is -0.313 e. The molecular formula is C16H26FN. The molecule has 1 rings (SSSR count). The summed E-state index contributed by atoms with van der Waals surface area (Å²) in [5.74, 6) is 0.875. The minimum atomic E-state index is -0.156. The quantitative estimate of drug-likeness (QED) is 0.760. The van der Waals surface area contributed by atoms with E-state index in [1.54, 1.807) is 12.1 Å². The van der Waals surface area contributed by atoms with Gasteiger partial charge in [-0.05, 0) is 48.9 Å². The van der Waals surface area contributed by atoms with Crippen LogP contribution >= 0.6 is 0 Å². The Labute approximate surface area is 111 Å². The van der Waals surface area contributed by atoms with Gasteiger partial charge < -0.3 is 5.32 Å². The van der Waals surface area contributed by atoms with Crippen molar-refractivity contribution in [1.29, 1.82) is 0 Å². The molecule has 18 heavy (non-hydrogen) atoms. The molecule has 2 unspecified atom stereocenters. The van der Waals surface area contributed by atoms with Crippen LogP contribution in [0.4, 0.5) is 4.39 Å². The molecule has 2 heteroatoms. The van der Waals surface area contributed by atoms with Crippen LogP contribution in [0.2, 0.25) is 0 Å². The van der Waals surface area contributed by atoms with E-state index in [9.17, 15) is 4.39 Å². The van der Waals surface area contributed by atoms with Crippen molar-refractivity contribution in [2.75, 3.05) is 6.54 Å². The molecule has 2 atom stereocenters. The van der Waals surface area contributed by atoms with Gasteiger partial charge in [0.1, 0.15) is 5.82 Å². The first-order chi connectivity index (χ1) is 8.60. The maximum Gasteiger partial charge on any atom is 0.123 e. The van der Waals surface area contributed by atoms with Crippen LogP contribution in [0.25, 0.3) is 0 Å². The molecule has 1 nitrogen and oxygen atoms in total. The van der Waals surface area contributed by atoms with Crippen molar-refractivity contribution < 1.29 is 4.39 Å². The third-order valence-corrected chi connectivity index (χ3v) is 3.52. The summed E-state index contributed by atoms with van der Waals surface area (Å²) >= 11 is 0. The van der Waals surface area contributed by atoms with Gasteiger partial charge in [0.2, 0.25) is 0 Å². The molecule has 0 fully saturated rings. The van der Waals surface area contributed by atoms with Crippen LogP contribution in [0, 0.1) is 11.7 Å². The number of rotatable bonds is 7. The number of nitrogens with one attached hydrogen (secondary N) is 1. The van der Waals surface area contributed by atoms with Gasteiger partial charge in [0, 0.05) is 6.04 Å². The molecule has 0 radical (unpaired) electrons. The summed E-state index contributed by atoms with van der Waals surface area (Å²) < 4.78 is 13.0. The fraction of sp³-hybridized carbons (Fsp3) is 0.625. The fourth-order valence-electron chi connectivity index (χ4n) is 2.56. The Hall–Kier alpha value is -0.890. The fourth-order valence-corrected chi connectivity index (χ4v) is 2.56. The second-order valence-electron chi connectivity index (χ2n) is 5.29. The highest BCUT2D eigenvalue weighted by Crippen LogP contribution is 2.27. The molecule has 0 spiro atoms. The molecular weight excluding hydrogens is 225 g/mol. The van der Waals surface area contributed by atoms with E-state index in [2.05, 4.69) is 33.0 Å². The zero-order valence-corrected chi connectivity index (χ0v) is 12.0. The summed E-state index contributed by atoms with van der Waals surface area (Å²) in [6.07, 6.45) is 2.22. The van der Waals surface area contributed by atoms with E-state index in [1.165, 1.54) is 5.56 Å². The van der Waals surface area contributed by atoms with Gasteiger partial charge in [-0.1, -0.05) is 39.8 Å². The van der Waals surface area contributed by atoms with Crippen LogP contribution in [0.15, 0.2) is 24.3 Å². The predicted octanol–water partition coefficient (Wildman–Crippen LogP) is 4.34. The molecule has 0 aromatic heterocycles. The van der Waals surface area contributed by atoms with Crippen LogP contribution in [-0.2, 0) is 0 Å². The summed E-state index contributed by atoms with van der Waals surface area (Å²) in [5, 5.41) is 3.64. The highest BCUT2D eigenvalue weighted by molar-refractivity contribution is 5.22. The molecule has 0 heterocycles. The van der Waals surface area contributed by atoms with Crippen LogP contribution in [0.1, 0.15) is 52.0 Å². The van der Waals surface area contributed by atoms with Crippen molar-refractivity contribution in [2.45, 2.75) is 52.5 Å². The van der Waals surface area contributed by atoms with E-state index >= 15 is 0 Å². The van der Waals surface area contributed by atoms with Gasteiger partial charge in [0.05, 0.1) is 0 Å². The second-order valence-corrected chi connectivity index (χ2v) is 5.29. The normalized spacial score (nSPS) is 14.8. The van der Waals surface area contributed by atoms with Gasteiger partial charge in [-0.3, -0.25) is 0 Å². The average Bonchev–Trinajstić information content (AvgIpc) is 2.35. The molecule has 1 aromatic carbocycles.